The Balaban J connectivity index is 2.18. The highest BCUT2D eigenvalue weighted by molar-refractivity contribution is 6.04. The molecule has 0 aliphatic carbocycles. The number of aromatic nitrogens is 1. The van der Waals surface area contributed by atoms with Crippen LogP contribution in [-0.4, -0.2) is 22.6 Å². The van der Waals surface area contributed by atoms with Gasteiger partial charge in [0.05, 0.1) is 5.56 Å². The van der Waals surface area contributed by atoms with Gasteiger partial charge in [0.1, 0.15) is 12.4 Å². The van der Waals surface area contributed by atoms with Crippen LogP contribution in [0.15, 0.2) is 36.7 Å². The van der Waals surface area contributed by atoms with Gasteiger partial charge in [-0.15, -0.1) is 0 Å². The van der Waals surface area contributed by atoms with Gasteiger partial charge in [0, 0.05) is 23.6 Å². The average Bonchev–Trinajstić information content (AvgIpc) is 2.49. The molecule has 0 spiro atoms. The number of nitrogens with zero attached hydrogens (tertiary/aromatic N) is 1. The summed E-state index contributed by atoms with van der Waals surface area (Å²) in [5.74, 6) is 4.36. The minimum absolute atomic E-state index is 0.265. The second-order valence-corrected chi connectivity index (χ2v) is 4.34. The monoisotopic (exact) mass is 284 g/mol. The van der Waals surface area contributed by atoms with Crippen LogP contribution in [0, 0.1) is 24.6 Å². The van der Waals surface area contributed by atoms with E-state index in [4.69, 9.17) is 5.11 Å². The molecule has 2 N–H and O–H groups in total. The van der Waals surface area contributed by atoms with E-state index in [9.17, 15) is 9.18 Å². The molecule has 0 aliphatic rings. The Bertz CT molecular complexity index is 733. The number of hydrogen-bond donors (Lipinski definition) is 2. The van der Waals surface area contributed by atoms with E-state index in [1.807, 2.05) is 0 Å². The number of aliphatic hydroxyl groups is 1. The molecule has 21 heavy (non-hydrogen) atoms. The van der Waals surface area contributed by atoms with Gasteiger partial charge in [-0.25, -0.2) is 4.39 Å². The predicted molar refractivity (Wildman–Crippen MR) is 77.3 cm³/mol. The summed E-state index contributed by atoms with van der Waals surface area (Å²) in [6.07, 6.45) is 2.88. The molecule has 0 saturated heterocycles. The molecule has 1 amide bonds. The zero-order chi connectivity index (χ0) is 15.2. The Morgan fingerprint density at radius 2 is 2.19 bits per heavy atom. The van der Waals surface area contributed by atoms with E-state index in [-0.39, 0.29) is 12.4 Å². The highest BCUT2D eigenvalue weighted by Crippen LogP contribution is 2.14. The van der Waals surface area contributed by atoms with Gasteiger partial charge in [-0.2, -0.15) is 0 Å². The lowest BCUT2D eigenvalue weighted by molar-refractivity contribution is 0.102. The van der Waals surface area contributed by atoms with E-state index < -0.39 is 5.91 Å². The molecule has 4 nitrogen and oxygen atoms in total. The van der Waals surface area contributed by atoms with Crippen LogP contribution in [0.4, 0.5) is 10.1 Å². The molecule has 0 fully saturated rings. The molecular formula is C16H13FN2O2. The molecule has 1 aromatic heterocycles. The minimum Gasteiger partial charge on any atom is -0.384 e. The van der Waals surface area contributed by atoms with E-state index in [1.165, 1.54) is 18.5 Å². The van der Waals surface area contributed by atoms with Gasteiger partial charge >= 0.3 is 0 Å². The molecule has 2 aromatic rings. The smallest absolute Gasteiger partial charge is 0.257 e. The van der Waals surface area contributed by atoms with Crippen LogP contribution in [0.25, 0.3) is 0 Å². The fraction of sp³-hybridized carbons (Fsp3) is 0.125. The van der Waals surface area contributed by atoms with Crippen LogP contribution in [0.5, 0.6) is 0 Å². The maximum atomic E-state index is 13.4. The van der Waals surface area contributed by atoms with Crippen molar-refractivity contribution < 1.29 is 14.3 Å². The number of rotatable bonds is 2. The number of carbonyl (C=O) groups is 1. The molecule has 0 unspecified atom stereocenters. The first-order chi connectivity index (χ1) is 10.1. The molecule has 5 heteroatoms. The summed E-state index contributed by atoms with van der Waals surface area (Å²) < 4.78 is 13.4. The second kappa shape index (κ2) is 6.64. The molecule has 106 valence electrons. The van der Waals surface area contributed by atoms with Crippen molar-refractivity contribution >= 4 is 11.6 Å². The van der Waals surface area contributed by atoms with Crippen molar-refractivity contribution in [3.05, 3.63) is 59.2 Å². The zero-order valence-corrected chi connectivity index (χ0v) is 11.4. The second-order valence-electron chi connectivity index (χ2n) is 4.34. The summed E-state index contributed by atoms with van der Waals surface area (Å²) in [7, 11) is 0. The number of hydrogen-bond acceptors (Lipinski definition) is 3. The standard InChI is InChI=1S/C16H13FN2O2/c1-11-4-5-14(8-15(11)17)19-16(21)13-7-12(3-2-6-20)9-18-10-13/h4-5,7-10,20H,6H2,1H3,(H,19,21). The summed E-state index contributed by atoms with van der Waals surface area (Å²) in [4.78, 5) is 16.0. The number of aliphatic hydroxyl groups excluding tert-OH is 1. The summed E-state index contributed by atoms with van der Waals surface area (Å²) in [5, 5.41) is 11.2. The van der Waals surface area contributed by atoms with Crippen LogP contribution in [0.2, 0.25) is 0 Å². The fourth-order valence-corrected chi connectivity index (χ4v) is 1.65. The number of amides is 1. The quantitative estimate of drug-likeness (QED) is 0.830. The van der Waals surface area contributed by atoms with Gasteiger partial charge in [-0.3, -0.25) is 9.78 Å². The number of pyridine rings is 1. The topological polar surface area (TPSA) is 62.2 Å². The van der Waals surface area contributed by atoms with Crippen LogP contribution in [0.1, 0.15) is 21.5 Å². The molecular weight excluding hydrogens is 271 g/mol. The Kier molecular flexibility index (Phi) is 4.64. The first kappa shape index (κ1) is 14.7. The van der Waals surface area contributed by atoms with E-state index in [0.717, 1.165) is 0 Å². The third kappa shape index (κ3) is 3.88. The number of carbonyl (C=O) groups excluding carboxylic acids is 1. The van der Waals surface area contributed by atoms with Crippen LogP contribution < -0.4 is 5.32 Å². The third-order valence-electron chi connectivity index (χ3n) is 2.74. The summed E-state index contributed by atoms with van der Waals surface area (Å²) in [6.45, 7) is 1.38. The number of anilines is 1. The Labute approximate surface area is 121 Å². The number of nitrogens with one attached hydrogen (secondary N) is 1. The molecule has 1 heterocycles. The number of aryl methyl sites for hydroxylation is 1. The predicted octanol–water partition coefficient (Wildman–Crippen LogP) is 2.13. The van der Waals surface area contributed by atoms with Gasteiger partial charge in [0.25, 0.3) is 5.91 Å². The van der Waals surface area contributed by atoms with Gasteiger partial charge in [0.15, 0.2) is 0 Å². The highest BCUT2D eigenvalue weighted by atomic mass is 19.1. The molecule has 0 bridgehead atoms. The normalized spacial score (nSPS) is 9.67. The number of halogens is 1. The van der Waals surface area contributed by atoms with E-state index in [1.54, 1.807) is 25.1 Å². The molecule has 2 rings (SSSR count). The van der Waals surface area contributed by atoms with Crippen LogP contribution in [0.3, 0.4) is 0 Å². The van der Waals surface area contributed by atoms with Crippen LogP contribution in [-0.2, 0) is 0 Å². The van der Waals surface area contributed by atoms with E-state index in [2.05, 4.69) is 22.1 Å². The van der Waals surface area contributed by atoms with Crippen LogP contribution >= 0.6 is 0 Å². The van der Waals surface area contributed by atoms with Crippen molar-refractivity contribution in [3.63, 3.8) is 0 Å². The Morgan fingerprint density at radius 1 is 1.38 bits per heavy atom. The lowest BCUT2D eigenvalue weighted by Gasteiger charge is -2.06. The maximum Gasteiger partial charge on any atom is 0.257 e. The van der Waals surface area contributed by atoms with Crippen molar-refractivity contribution in [2.24, 2.45) is 0 Å². The first-order valence-corrected chi connectivity index (χ1v) is 6.22. The lowest BCUT2D eigenvalue weighted by Crippen LogP contribution is -2.12. The van der Waals surface area contributed by atoms with Crippen molar-refractivity contribution in [1.82, 2.24) is 4.98 Å². The van der Waals surface area contributed by atoms with E-state index in [0.29, 0.717) is 22.4 Å². The minimum atomic E-state index is -0.404. The lowest BCUT2D eigenvalue weighted by atomic mass is 10.2. The van der Waals surface area contributed by atoms with Crippen molar-refractivity contribution in [2.45, 2.75) is 6.92 Å². The molecule has 1 aromatic carbocycles. The Hall–Kier alpha value is -2.71. The first-order valence-electron chi connectivity index (χ1n) is 6.22. The van der Waals surface area contributed by atoms with Gasteiger partial charge in [-0.1, -0.05) is 17.9 Å². The zero-order valence-electron chi connectivity index (χ0n) is 11.4. The Morgan fingerprint density at radius 3 is 2.90 bits per heavy atom. The molecule has 0 radical (unpaired) electrons. The van der Waals surface area contributed by atoms with Crippen molar-refractivity contribution in [2.75, 3.05) is 11.9 Å². The van der Waals surface area contributed by atoms with Crippen molar-refractivity contribution in [1.29, 1.82) is 0 Å². The van der Waals surface area contributed by atoms with E-state index >= 15 is 0 Å². The molecule has 0 aliphatic heterocycles. The summed E-state index contributed by atoms with van der Waals surface area (Å²) >= 11 is 0. The average molecular weight is 284 g/mol. The van der Waals surface area contributed by atoms with Gasteiger partial charge in [-0.05, 0) is 30.7 Å². The third-order valence-corrected chi connectivity index (χ3v) is 2.74. The largest absolute Gasteiger partial charge is 0.384 e. The van der Waals surface area contributed by atoms with Gasteiger partial charge < -0.3 is 10.4 Å². The summed E-state index contributed by atoms with van der Waals surface area (Å²) in [5.41, 5.74) is 1.71. The highest BCUT2D eigenvalue weighted by Gasteiger charge is 2.08. The van der Waals surface area contributed by atoms with Gasteiger partial charge in [0.2, 0.25) is 0 Å². The molecule has 0 saturated carbocycles. The molecule has 0 atom stereocenters. The van der Waals surface area contributed by atoms with Crippen molar-refractivity contribution in [3.8, 4) is 11.8 Å². The summed E-state index contributed by atoms with van der Waals surface area (Å²) in [6, 6.07) is 6.02. The maximum absolute atomic E-state index is 13.4. The number of benzene rings is 1. The SMILES string of the molecule is Cc1ccc(NC(=O)c2cncc(C#CCO)c2)cc1F. The fourth-order valence-electron chi connectivity index (χ4n) is 1.65.